The number of guanidine groups is 1. The van der Waals surface area contributed by atoms with Crippen LogP contribution in [0.5, 0.6) is 0 Å². The predicted molar refractivity (Wildman–Crippen MR) is 133 cm³/mol. The number of halogens is 2. The van der Waals surface area contributed by atoms with Crippen molar-refractivity contribution in [1.82, 2.24) is 29.9 Å². The van der Waals surface area contributed by atoms with Crippen molar-refractivity contribution in [2.75, 3.05) is 46.4 Å². The van der Waals surface area contributed by atoms with E-state index in [0.717, 1.165) is 74.3 Å². The Morgan fingerprint density at radius 3 is 2.73 bits per heavy atom. The van der Waals surface area contributed by atoms with Gasteiger partial charge in [0.25, 0.3) is 0 Å². The van der Waals surface area contributed by atoms with E-state index in [2.05, 4.69) is 31.4 Å². The summed E-state index contributed by atoms with van der Waals surface area (Å²) in [5, 5.41) is 11.8. The molecule has 0 spiro atoms. The van der Waals surface area contributed by atoms with Gasteiger partial charge in [0, 0.05) is 38.6 Å². The van der Waals surface area contributed by atoms with Gasteiger partial charge in [-0.3, -0.25) is 4.90 Å². The average molecular weight is 568 g/mol. The lowest BCUT2D eigenvalue weighted by Gasteiger charge is -2.27. The topological polar surface area (TPSA) is 70.8 Å². The van der Waals surface area contributed by atoms with Crippen LogP contribution in [-0.4, -0.2) is 77.0 Å². The van der Waals surface area contributed by atoms with Gasteiger partial charge >= 0.3 is 0 Å². The van der Waals surface area contributed by atoms with Crippen LogP contribution in [-0.2, 0) is 24.9 Å². The Bertz CT molecular complexity index is 807. The quantitative estimate of drug-likeness (QED) is 0.229. The highest BCUT2D eigenvalue weighted by atomic mass is 127. The minimum atomic E-state index is 0. The second-order valence-electron chi connectivity index (χ2n) is 7.16. The Hall–Kier alpha value is -0.950. The summed E-state index contributed by atoms with van der Waals surface area (Å²) in [5.74, 6) is 2.59. The zero-order chi connectivity index (χ0) is 20.6. The van der Waals surface area contributed by atoms with E-state index < -0.39 is 0 Å². The van der Waals surface area contributed by atoms with Gasteiger partial charge in [0.1, 0.15) is 12.4 Å². The molecule has 11 heteroatoms. The number of nitrogens with zero attached hydrogens (tertiary/aromatic N) is 6. The number of ether oxygens (including phenoxy) is 1. The van der Waals surface area contributed by atoms with Crippen molar-refractivity contribution in [2.24, 2.45) is 12.0 Å². The Morgan fingerprint density at radius 2 is 2.10 bits per heavy atom. The van der Waals surface area contributed by atoms with Crippen LogP contribution in [0.3, 0.4) is 0 Å². The van der Waals surface area contributed by atoms with Crippen LogP contribution < -0.4 is 5.32 Å². The van der Waals surface area contributed by atoms with Crippen LogP contribution in [0.15, 0.2) is 17.1 Å². The molecule has 8 nitrogen and oxygen atoms in total. The third kappa shape index (κ3) is 7.63. The molecule has 30 heavy (non-hydrogen) atoms. The maximum atomic E-state index is 6.08. The molecule has 0 bridgehead atoms. The maximum Gasteiger partial charge on any atom is 0.194 e. The summed E-state index contributed by atoms with van der Waals surface area (Å²) in [6, 6.07) is 4.00. The summed E-state index contributed by atoms with van der Waals surface area (Å²) < 4.78 is 8.19. The monoisotopic (exact) mass is 567 g/mol. The fourth-order valence-corrected chi connectivity index (χ4v) is 4.26. The fourth-order valence-electron chi connectivity index (χ4n) is 3.12. The molecule has 0 aliphatic carbocycles. The van der Waals surface area contributed by atoms with Crippen LogP contribution in [0.4, 0.5) is 0 Å². The maximum absolute atomic E-state index is 6.08. The van der Waals surface area contributed by atoms with Gasteiger partial charge in [-0.1, -0.05) is 11.6 Å². The van der Waals surface area contributed by atoms with Gasteiger partial charge in [0.05, 0.1) is 24.1 Å². The van der Waals surface area contributed by atoms with Gasteiger partial charge in [-0.25, -0.2) is 4.99 Å². The van der Waals surface area contributed by atoms with Crippen molar-refractivity contribution in [3.8, 4) is 0 Å². The third-order valence-electron chi connectivity index (χ3n) is 4.97. The van der Waals surface area contributed by atoms with E-state index in [1.54, 1.807) is 11.3 Å². The summed E-state index contributed by atoms with van der Waals surface area (Å²) >= 11 is 7.68. The highest BCUT2D eigenvalue weighted by molar-refractivity contribution is 14.0. The Labute approximate surface area is 204 Å². The minimum Gasteiger partial charge on any atom is -0.379 e. The Balaban J connectivity index is 0.00000320. The van der Waals surface area contributed by atoms with Crippen molar-refractivity contribution in [3.63, 3.8) is 0 Å². The van der Waals surface area contributed by atoms with Crippen molar-refractivity contribution in [3.05, 3.63) is 33.0 Å². The van der Waals surface area contributed by atoms with Crippen molar-refractivity contribution < 1.29 is 4.74 Å². The molecule has 1 fully saturated rings. The van der Waals surface area contributed by atoms with E-state index in [-0.39, 0.29) is 24.0 Å². The molecule has 0 unspecified atom stereocenters. The molecule has 0 amide bonds. The Kier molecular flexibility index (Phi) is 10.8. The van der Waals surface area contributed by atoms with E-state index in [1.165, 1.54) is 4.88 Å². The number of aromatic nitrogens is 3. The number of aryl methyl sites for hydroxylation is 1. The molecule has 3 rings (SSSR count). The molecule has 1 aliphatic heterocycles. The molecule has 0 atom stereocenters. The average Bonchev–Trinajstić information content (AvgIpc) is 3.27. The van der Waals surface area contributed by atoms with Crippen LogP contribution in [0.25, 0.3) is 0 Å². The highest BCUT2D eigenvalue weighted by Crippen LogP contribution is 2.22. The first-order valence-electron chi connectivity index (χ1n) is 9.91. The summed E-state index contributed by atoms with van der Waals surface area (Å²) in [7, 11) is 4.01. The number of hydrogen-bond donors (Lipinski definition) is 1. The normalized spacial score (nSPS) is 15.1. The Morgan fingerprint density at radius 1 is 1.33 bits per heavy atom. The smallest absolute Gasteiger partial charge is 0.194 e. The second-order valence-corrected chi connectivity index (χ2v) is 8.96. The number of rotatable bonds is 8. The van der Waals surface area contributed by atoms with Gasteiger partial charge in [0.2, 0.25) is 0 Å². The van der Waals surface area contributed by atoms with Crippen LogP contribution >= 0.6 is 46.9 Å². The van der Waals surface area contributed by atoms with E-state index in [4.69, 9.17) is 21.3 Å². The first-order chi connectivity index (χ1) is 14.0. The molecule has 0 aromatic carbocycles. The van der Waals surface area contributed by atoms with Gasteiger partial charge in [0.15, 0.2) is 11.8 Å². The van der Waals surface area contributed by atoms with Crippen LogP contribution in [0.2, 0.25) is 4.34 Å². The first-order valence-corrected chi connectivity index (χ1v) is 11.1. The lowest BCUT2D eigenvalue weighted by molar-refractivity contribution is 0.0375. The SMILES string of the molecule is Cc1nnc(CN=C(NCCCN2CCOCC2)N(C)Cc2ccc(Cl)s2)n1C.I. The molecule has 1 N–H and O–H groups in total. The summed E-state index contributed by atoms with van der Waals surface area (Å²) in [6.45, 7) is 8.82. The molecule has 2 aromatic heterocycles. The summed E-state index contributed by atoms with van der Waals surface area (Å²) in [5.41, 5.74) is 0. The largest absolute Gasteiger partial charge is 0.379 e. The molecule has 0 radical (unpaired) electrons. The zero-order valence-electron chi connectivity index (χ0n) is 17.8. The van der Waals surface area contributed by atoms with Crippen LogP contribution in [0.1, 0.15) is 22.9 Å². The van der Waals surface area contributed by atoms with Crippen molar-refractivity contribution >= 4 is 52.9 Å². The molecule has 168 valence electrons. The number of aliphatic imine (C=N–C) groups is 1. The molecular weight excluding hydrogens is 537 g/mol. The standard InChI is InChI=1S/C19H30ClN7OS.HI/c1-15-23-24-18(26(15)3)13-22-19(25(2)14-16-5-6-17(20)29-16)21-7-4-8-27-9-11-28-12-10-27;/h5-6H,4,7-14H2,1-3H3,(H,21,22);1H. The molecular formula is C19H31ClIN7OS. The minimum absolute atomic E-state index is 0. The molecule has 3 heterocycles. The lowest BCUT2D eigenvalue weighted by atomic mass is 10.3. The third-order valence-corrected chi connectivity index (χ3v) is 6.19. The van der Waals surface area contributed by atoms with Gasteiger partial charge < -0.3 is 19.5 Å². The van der Waals surface area contributed by atoms with E-state index in [0.29, 0.717) is 6.54 Å². The second kappa shape index (κ2) is 12.8. The number of nitrogens with one attached hydrogen (secondary N) is 1. The van der Waals surface area contributed by atoms with Gasteiger partial charge in [-0.15, -0.1) is 45.5 Å². The number of thiophene rings is 1. The molecule has 2 aromatic rings. The summed E-state index contributed by atoms with van der Waals surface area (Å²) in [6.07, 6.45) is 1.06. The molecule has 1 aliphatic rings. The van der Waals surface area contributed by atoms with E-state index in [9.17, 15) is 0 Å². The lowest BCUT2D eigenvalue weighted by Crippen LogP contribution is -2.41. The zero-order valence-corrected chi connectivity index (χ0v) is 21.7. The van der Waals surface area contributed by atoms with Gasteiger partial charge in [-0.2, -0.15) is 0 Å². The number of morpholine rings is 1. The molecule has 1 saturated heterocycles. The van der Waals surface area contributed by atoms with Crippen LogP contribution in [0, 0.1) is 6.92 Å². The molecule has 0 saturated carbocycles. The number of hydrogen-bond acceptors (Lipinski definition) is 6. The fraction of sp³-hybridized carbons (Fsp3) is 0.632. The van der Waals surface area contributed by atoms with E-state index in [1.807, 2.05) is 31.7 Å². The highest BCUT2D eigenvalue weighted by Gasteiger charge is 2.12. The van der Waals surface area contributed by atoms with Gasteiger partial charge in [-0.05, 0) is 32.0 Å². The van der Waals surface area contributed by atoms with Crippen molar-refractivity contribution in [2.45, 2.75) is 26.4 Å². The van der Waals surface area contributed by atoms with E-state index >= 15 is 0 Å². The predicted octanol–water partition coefficient (Wildman–Crippen LogP) is 2.76. The first kappa shape index (κ1) is 25.3. The van der Waals surface area contributed by atoms with Crippen molar-refractivity contribution in [1.29, 1.82) is 0 Å². The summed E-state index contributed by atoms with van der Waals surface area (Å²) in [4.78, 5) is 10.6.